The molecule has 5 rings (SSSR count). The van der Waals surface area contributed by atoms with Crippen molar-refractivity contribution in [3.8, 4) is 5.75 Å². The number of aldehydes is 1. The molecule has 0 amide bonds. The van der Waals surface area contributed by atoms with Gasteiger partial charge in [0.05, 0.1) is 0 Å². The average molecular weight is 479 g/mol. The first-order valence-corrected chi connectivity index (χ1v) is 12.4. The number of hydrogen-bond acceptors (Lipinski definition) is 8. The van der Waals surface area contributed by atoms with Crippen LogP contribution in [-0.2, 0) is 16.1 Å². The minimum atomic E-state index is -0.794. The number of hydrogen-bond donors (Lipinski definition) is 1. The zero-order valence-electron chi connectivity index (χ0n) is 20.5. The summed E-state index contributed by atoms with van der Waals surface area (Å²) in [7, 11) is 0. The predicted octanol–water partition coefficient (Wildman–Crippen LogP) is 3.13. The topological polar surface area (TPSA) is 77.8 Å². The Morgan fingerprint density at radius 2 is 1.94 bits per heavy atom. The molecule has 0 saturated carbocycles. The lowest BCUT2D eigenvalue weighted by atomic mass is 9.81. The highest BCUT2D eigenvalue weighted by Crippen LogP contribution is 2.32. The van der Waals surface area contributed by atoms with Crippen molar-refractivity contribution >= 4 is 12.2 Å². The van der Waals surface area contributed by atoms with Crippen molar-refractivity contribution in [2.75, 3.05) is 26.2 Å². The van der Waals surface area contributed by atoms with Gasteiger partial charge in [0.15, 0.2) is 12.5 Å². The molecule has 3 aliphatic heterocycles. The van der Waals surface area contributed by atoms with E-state index >= 15 is 0 Å². The third kappa shape index (κ3) is 5.05. The van der Waals surface area contributed by atoms with Crippen molar-refractivity contribution in [1.29, 1.82) is 0 Å². The summed E-state index contributed by atoms with van der Waals surface area (Å²) >= 11 is 0. The fraction of sp³-hybridized carbons (Fsp3) is 0.481. The smallest absolute Gasteiger partial charge is 0.260 e. The highest BCUT2D eigenvalue weighted by Gasteiger charge is 2.42. The van der Waals surface area contributed by atoms with Gasteiger partial charge in [-0.1, -0.05) is 31.2 Å². The zero-order chi connectivity index (χ0) is 24.4. The van der Waals surface area contributed by atoms with Gasteiger partial charge in [0, 0.05) is 31.7 Å². The van der Waals surface area contributed by atoms with Crippen LogP contribution in [0.1, 0.15) is 42.9 Å². The maximum atomic E-state index is 11.7. The summed E-state index contributed by atoms with van der Waals surface area (Å²) in [4.78, 5) is 14.1. The number of likely N-dealkylation sites (tertiary alicyclic amines) is 1. The highest BCUT2D eigenvalue weighted by atomic mass is 16.6. The summed E-state index contributed by atoms with van der Waals surface area (Å²) in [5.41, 5.74) is 3.39. The highest BCUT2D eigenvalue weighted by molar-refractivity contribution is 5.95. The van der Waals surface area contributed by atoms with Crippen LogP contribution in [0.2, 0.25) is 0 Å². The monoisotopic (exact) mass is 478 g/mol. The molecule has 2 aromatic rings. The molecule has 2 unspecified atom stereocenters. The van der Waals surface area contributed by atoms with Crippen molar-refractivity contribution in [3.05, 3.63) is 65.2 Å². The molecule has 0 aromatic heterocycles. The van der Waals surface area contributed by atoms with Gasteiger partial charge in [0.25, 0.3) is 6.23 Å². The van der Waals surface area contributed by atoms with E-state index in [-0.39, 0.29) is 18.2 Å². The largest absolute Gasteiger partial charge is 0.473 e. The molecule has 2 aromatic carbocycles. The number of benzene rings is 2. The van der Waals surface area contributed by atoms with Crippen molar-refractivity contribution in [1.82, 2.24) is 15.0 Å². The molecule has 186 valence electrons. The fourth-order valence-corrected chi connectivity index (χ4v) is 4.76. The van der Waals surface area contributed by atoms with Gasteiger partial charge in [-0.2, -0.15) is 10.1 Å². The Balaban J connectivity index is 1.21. The first-order valence-electron chi connectivity index (χ1n) is 12.4. The number of ether oxygens (including phenoxy) is 2. The molecule has 0 bridgehead atoms. The van der Waals surface area contributed by atoms with E-state index in [1.807, 2.05) is 41.4 Å². The third-order valence-electron chi connectivity index (χ3n) is 7.42. The van der Waals surface area contributed by atoms with Crippen LogP contribution in [0.25, 0.3) is 0 Å². The normalized spacial score (nSPS) is 24.4. The van der Waals surface area contributed by atoms with Gasteiger partial charge in [-0.3, -0.25) is 9.69 Å². The van der Waals surface area contributed by atoms with Crippen molar-refractivity contribution < 1.29 is 19.4 Å². The molecule has 8 nitrogen and oxygen atoms in total. The summed E-state index contributed by atoms with van der Waals surface area (Å²) in [6, 6.07) is 15.8. The second-order valence-corrected chi connectivity index (χ2v) is 10.1. The minimum Gasteiger partial charge on any atom is -0.473 e. The molecule has 3 aliphatic rings. The van der Waals surface area contributed by atoms with Crippen molar-refractivity contribution in [2.24, 2.45) is 10.5 Å². The standard InChI is InChI=1S/C27H34N4O4/c1-20-16-23(9-8-22(20)17-29-14-11-27(2,19-33)12-15-29)34-24-10-13-30(24)31-25(18-32)35-26(28-31)21-6-4-3-5-7-21/h3-9,16,18,24-25,33H,10-15,17,19H2,1-2H3. The molecule has 35 heavy (non-hydrogen) atoms. The van der Waals surface area contributed by atoms with Crippen LogP contribution in [0.15, 0.2) is 53.6 Å². The van der Waals surface area contributed by atoms with Crippen LogP contribution in [-0.4, -0.2) is 71.0 Å². The minimum absolute atomic E-state index is 0.0625. The SMILES string of the molecule is Cc1cc(OC2CCN2N2N=C(c3ccccc3)OC2C=O)ccc1CN1CCC(C)(CO)CC1. The van der Waals surface area contributed by atoms with Crippen molar-refractivity contribution in [3.63, 3.8) is 0 Å². The van der Waals surface area contributed by atoms with E-state index in [9.17, 15) is 9.90 Å². The molecule has 1 N–H and O–H groups in total. The zero-order valence-corrected chi connectivity index (χ0v) is 20.5. The first kappa shape index (κ1) is 23.8. The number of carbonyl (C=O) groups is 1. The van der Waals surface area contributed by atoms with Gasteiger partial charge in [-0.25, -0.2) is 0 Å². The van der Waals surface area contributed by atoms with Crippen LogP contribution in [0, 0.1) is 12.3 Å². The Labute approximate surface area is 206 Å². The molecule has 3 heterocycles. The fourth-order valence-electron chi connectivity index (χ4n) is 4.76. The quantitative estimate of drug-likeness (QED) is 0.584. The number of piperidine rings is 1. The van der Waals surface area contributed by atoms with Crippen LogP contribution >= 0.6 is 0 Å². The van der Waals surface area contributed by atoms with E-state index in [0.29, 0.717) is 5.90 Å². The average Bonchev–Trinajstić information content (AvgIpc) is 3.29. The number of carbonyl (C=O) groups excluding carboxylic acids is 1. The molecule has 0 radical (unpaired) electrons. The molecule has 2 atom stereocenters. The molecule has 2 saturated heterocycles. The molecular formula is C27H34N4O4. The number of hydrazone groups is 1. The number of aliphatic hydroxyl groups excluding tert-OH is 1. The van der Waals surface area contributed by atoms with Crippen LogP contribution in [0.3, 0.4) is 0 Å². The summed E-state index contributed by atoms with van der Waals surface area (Å²) in [5.74, 6) is 1.24. The van der Waals surface area contributed by atoms with E-state index in [4.69, 9.17) is 9.47 Å². The van der Waals surface area contributed by atoms with Crippen LogP contribution in [0.4, 0.5) is 0 Å². The number of aryl methyl sites for hydroxylation is 1. The Hall–Kier alpha value is -2.94. The Kier molecular flexibility index (Phi) is 6.77. The second-order valence-electron chi connectivity index (χ2n) is 10.1. The van der Waals surface area contributed by atoms with E-state index < -0.39 is 6.23 Å². The second kappa shape index (κ2) is 9.97. The van der Waals surface area contributed by atoms with Crippen LogP contribution in [0.5, 0.6) is 5.75 Å². The Morgan fingerprint density at radius 1 is 1.17 bits per heavy atom. The van der Waals surface area contributed by atoms with Gasteiger partial charge in [0.2, 0.25) is 5.90 Å². The van der Waals surface area contributed by atoms with Gasteiger partial charge < -0.3 is 14.6 Å². The Bertz CT molecular complexity index is 1070. The lowest BCUT2D eigenvalue weighted by molar-refractivity contribution is -0.218. The number of hydrazine groups is 1. The number of nitrogens with zero attached hydrogens (tertiary/aromatic N) is 4. The van der Waals surface area contributed by atoms with E-state index in [0.717, 1.165) is 63.0 Å². The maximum Gasteiger partial charge on any atom is 0.260 e. The molecular weight excluding hydrogens is 444 g/mol. The summed E-state index contributed by atoms with van der Waals surface area (Å²) in [6.07, 6.45) is 2.66. The summed E-state index contributed by atoms with van der Waals surface area (Å²) in [5, 5.41) is 17.7. The Morgan fingerprint density at radius 3 is 2.57 bits per heavy atom. The summed E-state index contributed by atoms with van der Waals surface area (Å²) in [6.45, 7) is 8.22. The lowest BCUT2D eigenvalue weighted by Crippen LogP contribution is -2.60. The van der Waals surface area contributed by atoms with Gasteiger partial charge in [-0.05, 0) is 73.7 Å². The lowest BCUT2D eigenvalue weighted by Gasteiger charge is -2.44. The third-order valence-corrected chi connectivity index (χ3v) is 7.42. The van der Waals surface area contributed by atoms with Gasteiger partial charge in [0.1, 0.15) is 5.75 Å². The molecule has 8 heteroatoms. The number of aliphatic hydroxyl groups is 1. The van der Waals surface area contributed by atoms with E-state index in [2.05, 4.69) is 36.0 Å². The molecule has 0 aliphatic carbocycles. The maximum absolute atomic E-state index is 11.7. The van der Waals surface area contributed by atoms with Gasteiger partial charge in [-0.15, -0.1) is 5.10 Å². The van der Waals surface area contributed by atoms with E-state index in [1.165, 1.54) is 11.1 Å². The van der Waals surface area contributed by atoms with Crippen molar-refractivity contribution in [2.45, 2.75) is 52.1 Å². The van der Waals surface area contributed by atoms with Gasteiger partial charge >= 0.3 is 0 Å². The predicted molar refractivity (Wildman–Crippen MR) is 132 cm³/mol. The molecule has 2 fully saturated rings. The molecule has 0 spiro atoms. The van der Waals surface area contributed by atoms with E-state index in [1.54, 1.807) is 5.12 Å². The number of rotatable bonds is 8. The van der Waals surface area contributed by atoms with Crippen LogP contribution < -0.4 is 4.74 Å². The summed E-state index contributed by atoms with van der Waals surface area (Å²) < 4.78 is 12.1. The first-order chi connectivity index (χ1) is 17.0.